The van der Waals surface area contributed by atoms with Crippen LogP contribution in [-0.2, 0) is 12.6 Å². The van der Waals surface area contributed by atoms with Gasteiger partial charge in [0, 0.05) is 11.9 Å². The number of hydrogen-bond acceptors (Lipinski definition) is 3. The minimum atomic E-state index is -4.50. The summed E-state index contributed by atoms with van der Waals surface area (Å²) in [6.07, 6.45) is 6.10. The standard InChI is InChI=1S/C19H26ClF3N4/c20-16-11-9-13-25-18(16)27-15(14-17(26-27)19(21,22)23)10-7-5-3-1-2-4-6-8-12-24/h9,11,13-14H,1-8,10,12,24H2. The third-order valence-electron chi connectivity index (χ3n) is 4.40. The van der Waals surface area contributed by atoms with Crippen molar-refractivity contribution in [2.75, 3.05) is 6.54 Å². The van der Waals surface area contributed by atoms with Crippen LogP contribution in [0.2, 0.25) is 5.02 Å². The Bertz CT molecular complexity index is 701. The largest absolute Gasteiger partial charge is 0.435 e. The van der Waals surface area contributed by atoms with Crippen molar-refractivity contribution < 1.29 is 13.2 Å². The van der Waals surface area contributed by atoms with E-state index in [-0.39, 0.29) is 10.8 Å². The maximum absolute atomic E-state index is 13.1. The van der Waals surface area contributed by atoms with Crippen LogP contribution in [-0.4, -0.2) is 21.3 Å². The molecule has 0 atom stereocenters. The van der Waals surface area contributed by atoms with E-state index in [1.807, 2.05) is 0 Å². The summed E-state index contributed by atoms with van der Waals surface area (Å²) in [5, 5.41) is 3.98. The SMILES string of the molecule is NCCCCCCCCCCc1cc(C(F)(F)F)nn1-c1ncccc1Cl. The highest BCUT2D eigenvalue weighted by atomic mass is 35.5. The molecule has 0 aromatic carbocycles. The maximum atomic E-state index is 13.1. The van der Waals surface area contributed by atoms with E-state index >= 15 is 0 Å². The van der Waals surface area contributed by atoms with Gasteiger partial charge in [-0.3, -0.25) is 0 Å². The van der Waals surface area contributed by atoms with Gasteiger partial charge < -0.3 is 5.73 Å². The van der Waals surface area contributed by atoms with E-state index in [1.54, 1.807) is 12.1 Å². The Hall–Kier alpha value is -1.60. The van der Waals surface area contributed by atoms with Crippen molar-refractivity contribution in [3.8, 4) is 5.82 Å². The molecule has 2 N–H and O–H groups in total. The topological polar surface area (TPSA) is 56.7 Å². The molecule has 0 aliphatic rings. The third kappa shape index (κ3) is 6.81. The molecule has 0 aliphatic heterocycles. The lowest BCUT2D eigenvalue weighted by Crippen LogP contribution is -2.09. The minimum Gasteiger partial charge on any atom is -0.330 e. The van der Waals surface area contributed by atoms with Crippen LogP contribution in [0, 0.1) is 0 Å². The first-order chi connectivity index (χ1) is 12.9. The highest BCUT2D eigenvalue weighted by molar-refractivity contribution is 6.32. The van der Waals surface area contributed by atoms with Crippen molar-refractivity contribution in [2.24, 2.45) is 5.73 Å². The van der Waals surface area contributed by atoms with Crippen LogP contribution in [0.5, 0.6) is 0 Å². The molecule has 0 radical (unpaired) electrons. The highest BCUT2D eigenvalue weighted by Gasteiger charge is 2.35. The Morgan fingerprint density at radius 1 is 1.00 bits per heavy atom. The van der Waals surface area contributed by atoms with Crippen molar-refractivity contribution in [3.05, 3.63) is 40.8 Å². The molecule has 27 heavy (non-hydrogen) atoms. The van der Waals surface area contributed by atoms with Gasteiger partial charge in [0.15, 0.2) is 11.5 Å². The maximum Gasteiger partial charge on any atom is 0.435 e. The monoisotopic (exact) mass is 402 g/mol. The number of alkyl halides is 3. The predicted octanol–water partition coefficient (Wildman–Crippen LogP) is 5.56. The number of pyridine rings is 1. The summed E-state index contributed by atoms with van der Waals surface area (Å²) in [6, 6.07) is 4.32. The highest BCUT2D eigenvalue weighted by Crippen LogP contribution is 2.30. The Morgan fingerprint density at radius 3 is 2.22 bits per heavy atom. The summed E-state index contributed by atoms with van der Waals surface area (Å²) in [6.45, 7) is 0.744. The van der Waals surface area contributed by atoms with Gasteiger partial charge in [-0.2, -0.15) is 18.3 Å². The Kier molecular flexibility index (Phi) is 8.57. The van der Waals surface area contributed by atoms with Crippen LogP contribution >= 0.6 is 11.6 Å². The second kappa shape index (κ2) is 10.7. The normalized spacial score (nSPS) is 11.9. The van der Waals surface area contributed by atoms with Gasteiger partial charge in [-0.1, -0.05) is 50.1 Å². The molecule has 0 saturated heterocycles. The zero-order chi connectivity index (χ0) is 19.7. The minimum absolute atomic E-state index is 0.226. The molecule has 150 valence electrons. The van der Waals surface area contributed by atoms with Gasteiger partial charge >= 0.3 is 6.18 Å². The van der Waals surface area contributed by atoms with Gasteiger partial charge in [0.1, 0.15) is 0 Å². The molecule has 2 aromatic heterocycles. The van der Waals surface area contributed by atoms with Crippen molar-refractivity contribution in [2.45, 2.75) is 64.0 Å². The number of rotatable bonds is 11. The number of hydrogen-bond donors (Lipinski definition) is 1. The molecule has 0 fully saturated rings. The Balaban J connectivity index is 1.93. The number of nitrogens with two attached hydrogens (primary N) is 1. The number of halogens is 4. The summed E-state index contributed by atoms with van der Waals surface area (Å²) < 4.78 is 40.5. The van der Waals surface area contributed by atoms with Crippen LogP contribution in [0.15, 0.2) is 24.4 Å². The van der Waals surface area contributed by atoms with Crippen LogP contribution in [0.25, 0.3) is 5.82 Å². The lowest BCUT2D eigenvalue weighted by atomic mass is 10.1. The molecule has 0 aliphatic carbocycles. The quantitative estimate of drug-likeness (QED) is 0.500. The molecule has 0 unspecified atom stereocenters. The van der Waals surface area contributed by atoms with E-state index in [9.17, 15) is 13.2 Å². The molecule has 0 bridgehead atoms. The lowest BCUT2D eigenvalue weighted by molar-refractivity contribution is -0.141. The van der Waals surface area contributed by atoms with Crippen molar-refractivity contribution in [3.63, 3.8) is 0 Å². The van der Waals surface area contributed by atoms with Crippen LogP contribution in [0.3, 0.4) is 0 Å². The van der Waals surface area contributed by atoms with Crippen molar-refractivity contribution in [1.82, 2.24) is 14.8 Å². The van der Waals surface area contributed by atoms with E-state index in [0.29, 0.717) is 12.1 Å². The molecule has 0 saturated carbocycles. The molecule has 2 rings (SSSR count). The molecule has 0 amide bonds. The van der Waals surface area contributed by atoms with E-state index in [4.69, 9.17) is 17.3 Å². The van der Waals surface area contributed by atoms with Gasteiger partial charge in [-0.25, -0.2) is 9.67 Å². The van der Waals surface area contributed by atoms with E-state index in [0.717, 1.165) is 44.7 Å². The number of unbranched alkanes of at least 4 members (excludes halogenated alkanes) is 7. The van der Waals surface area contributed by atoms with E-state index < -0.39 is 11.9 Å². The first kappa shape index (κ1) is 21.7. The zero-order valence-corrected chi connectivity index (χ0v) is 16.1. The third-order valence-corrected chi connectivity index (χ3v) is 4.70. The van der Waals surface area contributed by atoms with E-state index in [1.165, 1.54) is 30.1 Å². The number of aryl methyl sites for hydroxylation is 1. The summed E-state index contributed by atoms with van der Waals surface area (Å²) in [4.78, 5) is 4.09. The number of nitrogens with zero attached hydrogens (tertiary/aromatic N) is 3. The lowest BCUT2D eigenvalue weighted by Gasteiger charge is -2.08. The van der Waals surface area contributed by atoms with Gasteiger partial charge in [0.2, 0.25) is 0 Å². The molecular formula is C19H26ClF3N4. The average molecular weight is 403 g/mol. The zero-order valence-electron chi connectivity index (χ0n) is 15.3. The molecule has 2 aromatic rings. The fourth-order valence-corrected chi connectivity index (χ4v) is 3.17. The van der Waals surface area contributed by atoms with Crippen molar-refractivity contribution in [1.29, 1.82) is 0 Å². The first-order valence-corrected chi connectivity index (χ1v) is 9.78. The Labute approximate surface area is 162 Å². The Morgan fingerprint density at radius 2 is 1.63 bits per heavy atom. The van der Waals surface area contributed by atoms with Gasteiger partial charge in [0.25, 0.3) is 0 Å². The molecule has 2 heterocycles. The van der Waals surface area contributed by atoms with Crippen LogP contribution in [0.1, 0.15) is 62.8 Å². The summed E-state index contributed by atoms with van der Waals surface area (Å²) in [5.41, 5.74) is 5.03. The average Bonchev–Trinajstić information content (AvgIpc) is 3.05. The molecule has 4 nitrogen and oxygen atoms in total. The first-order valence-electron chi connectivity index (χ1n) is 9.40. The van der Waals surface area contributed by atoms with E-state index in [2.05, 4.69) is 10.1 Å². The van der Waals surface area contributed by atoms with Crippen molar-refractivity contribution >= 4 is 11.6 Å². The summed E-state index contributed by atoms with van der Waals surface area (Å²) in [5.74, 6) is 0.226. The number of aromatic nitrogens is 3. The van der Waals surface area contributed by atoms with Gasteiger partial charge in [-0.15, -0.1) is 0 Å². The summed E-state index contributed by atoms with van der Waals surface area (Å²) in [7, 11) is 0. The smallest absolute Gasteiger partial charge is 0.330 e. The van der Waals surface area contributed by atoms with Gasteiger partial charge in [0.05, 0.1) is 5.02 Å². The van der Waals surface area contributed by atoms with Crippen LogP contribution < -0.4 is 5.73 Å². The second-order valence-electron chi connectivity index (χ2n) is 6.61. The molecular weight excluding hydrogens is 377 g/mol. The van der Waals surface area contributed by atoms with Gasteiger partial charge in [-0.05, 0) is 44.0 Å². The summed E-state index contributed by atoms with van der Waals surface area (Å²) >= 11 is 6.10. The second-order valence-corrected chi connectivity index (χ2v) is 7.01. The predicted molar refractivity (Wildman–Crippen MR) is 101 cm³/mol. The van der Waals surface area contributed by atoms with Crippen LogP contribution in [0.4, 0.5) is 13.2 Å². The fraction of sp³-hybridized carbons (Fsp3) is 0.579. The molecule has 8 heteroatoms. The molecule has 0 spiro atoms. The fourth-order valence-electron chi connectivity index (χ4n) is 2.96.